The highest BCUT2D eigenvalue weighted by atomic mass is 16.5. The lowest BCUT2D eigenvalue weighted by atomic mass is 9.87. The lowest BCUT2D eigenvalue weighted by Gasteiger charge is -2.19. The molecule has 1 amide bonds. The summed E-state index contributed by atoms with van der Waals surface area (Å²) in [6.45, 7) is 8.66. The Morgan fingerprint density at radius 3 is 2.55 bits per heavy atom. The van der Waals surface area contributed by atoms with E-state index in [0.717, 1.165) is 35.6 Å². The first-order chi connectivity index (χ1) is 14.9. The number of amides is 1. The predicted molar refractivity (Wildman–Crippen MR) is 124 cm³/mol. The van der Waals surface area contributed by atoms with Gasteiger partial charge in [-0.25, -0.2) is 4.98 Å². The van der Waals surface area contributed by atoms with Crippen molar-refractivity contribution in [2.45, 2.75) is 45.6 Å². The summed E-state index contributed by atoms with van der Waals surface area (Å²) < 4.78 is 13.0. The van der Waals surface area contributed by atoms with Gasteiger partial charge in [0, 0.05) is 26.6 Å². The van der Waals surface area contributed by atoms with Crippen LogP contribution in [0.4, 0.5) is 0 Å². The molecule has 3 aromatic rings. The van der Waals surface area contributed by atoms with Crippen molar-refractivity contribution in [3.63, 3.8) is 0 Å². The van der Waals surface area contributed by atoms with Crippen LogP contribution in [0.1, 0.15) is 38.6 Å². The number of aryl methyl sites for hydroxylation is 1. The zero-order valence-electron chi connectivity index (χ0n) is 19.0. The minimum Gasteiger partial charge on any atom is -0.494 e. The van der Waals surface area contributed by atoms with Crippen LogP contribution in [0.15, 0.2) is 48.5 Å². The maximum absolute atomic E-state index is 11.6. The first-order valence-corrected chi connectivity index (χ1v) is 10.8. The van der Waals surface area contributed by atoms with E-state index in [-0.39, 0.29) is 17.9 Å². The van der Waals surface area contributed by atoms with Crippen molar-refractivity contribution in [2.24, 2.45) is 0 Å². The fraction of sp³-hybridized carbons (Fsp3) is 0.440. The molecule has 0 radical (unpaired) electrons. The lowest BCUT2D eigenvalue weighted by Crippen LogP contribution is -2.29. The standard InChI is InChI=1S/C25H33N3O3/c1-25(2,3)19-10-12-20(13-11-19)31-17-7-16-28-22-9-6-5-8-21(22)27-23(28)14-15-26-24(29)18-30-4/h5-6,8-13H,7,14-18H2,1-4H3,(H,26,29). The van der Waals surface area contributed by atoms with Crippen LogP contribution in [0, 0.1) is 0 Å². The highest BCUT2D eigenvalue weighted by Gasteiger charge is 2.13. The largest absolute Gasteiger partial charge is 0.494 e. The van der Waals surface area contributed by atoms with Gasteiger partial charge in [0.1, 0.15) is 18.2 Å². The molecule has 6 heteroatoms. The van der Waals surface area contributed by atoms with Gasteiger partial charge in [-0.05, 0) is 41.7 Å². The van der Waals surface area contributed by atoms with Crippen LogP contribution in [-0.2, 0) is 27.9 Å². The van der Waals surface area contributed by atoms with Gasteiger partial charge in [-0.3, -0.25) is 4.79 Å². The minimum atomic E-state index is -0.115. The normalized spacial score (nSPS) is 11.6. The number of nitrogens with zero attached hydrogens (tertiary/aromatic N) is 2. The first kappa shape index (κ1) is 22.8. The molecule has 0 bridgehead atoms. The van der Waals surface area contributed by atoms with E-state index in [1.807, 2.05) is 30.3 Å². The van der Waals surface area contributed by atoms with E-state index in [0.29, 0.717) is 19.6 Å². The summed E-state index contributed by atoms with van der Waals surface area (Å²) in [5, 5.41) is 2.87. The third-order valence-corrected chi connectivity index (χ3v) is 5.19. The number of hydrogen-bond donors (Lipinski definition) is 1. The van der Waals surface area contributed by atoms with Gasteiger partial charge in [0.25, 0.3) is 0 Å². The van der Waals surface area contributed by atoms with Gasteiger partial charge in [-0.2, -0.15) is 0 Å². The fourth-order valence-corrected chi connectivity index (χ4v) is 3.53. The number of imidazole rings is 1. The number of rotatable bonds is 10. The average Bonchev–Trinajstić information content (AvgIpc) is 3.08. The lowest BCUT2D eigenvalue weighted by molar-refractivity contribution is -0.124. The Hall–Kier alpha value is -2.86. The van der Waals surface area contributed by atoms with Gasteiger partial charge in [0.05, 0.1) is 17.6 Å². The Morgan fingerprint density at radius 1 is 1.10 bits per heavy atom. The summed E-state index contributed by atoms with van der Waals surface area (Å²) in [7, 11) is 1.51. The van der Waals surface area contributed by atoms with E-state index in [9.17, 15) is 4.79 Å². The van der Waals surface area contributed by atoms with E-state index in [1.54, 1.807) is 0 Å². The summed E-state index contributed by atoms with van der Waals surface area (Å²) in [6, 6.07) is 16.5. The molecule has 0 unspecified atom stereocenters. The highest BCUT2D eigenvalue weighted by Crippen LogP contribution is 2.24. The average molecular weight is 424 g/mol. The molecule has 0 aliphatic carbocycles. The van der Waals surface area contributed by atoms with Crippen LogP contribution < -0.4 is 10.1 Å². The Labute approximate surface area is 184 Å². The van der Waals surface area contributed by atoms with E-state index in [1.165, 1.54) is 12.7 Å². The van der Waals surface area contributed by atoms with E-state index in [2.05, 4.69) is 48.9 Å². The molecule has 0 fully saturated rings. The smallest absolute Gasteiger partial charge is 0.245 e. The van der Waals surface area contributed by atoms with Crippen molar-refractivity contribution in [2.75, 3.05) is 26.9 Å². The number of carbonyl (C=O) groups excluding carboxylic acids is 1. The Morgan fingerprint density at radius 2 is 1.84 bits per heavy atom. The molecule has 166 valence electrons. The molecule has 0 saturated carbocycles. The number of hydrogen-bond acceptors (Lipinski definition) is 4. The molecule has 0 atom stereocenters. The maximum Gasteiger partial charge on any atom is 0.245 e. The number of para-hydroxylation sites is 2. The van der Waals surface area contributed by atoms with Crippen LogP contribution in [0.5, 0.6) is 5.75 Å². The molecule has 0 aliphatic heterocycles. The summed E-state index contributed by atoms with van der Waals surface area (Å²) in [5.74, 6) is 1.74. The number of fused-ring (bicyclic) bond motifs is 1. The van der Waals surface area contributed by atoms with Gasteiger partial charge in [0.15, 0.2) is 0 Å². The van der Waals surface area contributed by atoms with Crippen molar-refractivity contribution in [1.82, 2.24) is 14.9 Å². The summed E-state index contributed by atoms with van der Waals surface area (Å²) in [4.78, 5) is 16.4. The molecular weight excluding hydrogens is 390 g/mol. The zero-order chi connectivity index (χ0) is 22.3. The minimum absolute atomic E-state index is 0.0739. The topological polar surface area (TPSA) is 65.4 Å². The van der Waals surface area contributed by atoms with Gasteiger partial charge in [0.2, 0.25) is 5.91 Å². The second-order valence-electron chi connectivity index (χ2n) is 8.68. The van der Waals surface area contributed by atoms with Gasteiger partial charge in [-0.15, -0.1) is 0 Å². The van der Waals surface area contributed by atoms with Gasteiger partial charge >= 0.3 is 0 Å². The molecule has 0 saturated heterocycles. The number of aromatic nitrogens is 2. The number of carbonyl (C=O) groups is 1. The van der Waals surface area contributed by atoms with Crippen LogP contribution in [-0.4, -0.2) is 42.3 Å². The SMILES string of the molecule is COCC(=O)NCCc1nc2ccccc2n1CCCOc1ccc(C(C)(C)C)cc1. The van der Waals surface area contributed by atoms with Crippen LogP contribution in [0.2, 0.25) is 0 Å². The van der Waals surface area contributed by atoms with Crippen LogP contribution in [0.25, 0.3) is 11.0 Å². The number of benzene rings is 2. The van der Waals surface area contributed by atoms with Crippen LogP contribution >= 0.6 is 0 Å². The number of methoxy groups -OCH3 is 1. The first-order valence-electron chi connectivity index (χ1n) is 10.8. The number of nitrogens with one attached hydrogen (secondary N) is 1. The molecule has 3 rings (SSSR count). The molecule has 2 aromatic carbocycles. The Kier molecular flexibility index (Phi) is 7.69. The summed E-state index contributed by atoms with van der Waals surface area (Å²) >= 11 is 0. The van der Waals surface area contributed by atoms with E-state index in [4.69, 9.17) is 14.5 Å². The van der Waals surface area contributed by atoms with Crippen molar-refractivity contribution in [1.29, 1.82) is 0 Å². The van der Waals surface area contributed by atoms with Gasteiger partial charge < -0.3 is 19.4 Å². The molecule has 0 spiro atoms. The predicted octanol–water partition coefficient (Wildman–Crippen LogP) is 4.11. The zero-order valence-corrected chi connectivity index (χ0v) is 19.0. The van der Waals surface area contributed by atoms with E-state index < -0.39 is 0 Å². The van der Waals surface area contributed by atoms with Crippen molar-refractivity contribution in [3.8, 4) is 5.75 Å². The molecule has 31 heavy (non-hydrogen) atoms. The molecule has 0 aliphatic rings. The molecule has 1 heterocycles. The second kappa shape index (κ2) is 10.4. The van der Waals surface area contributed by atoms with Crippen molar-refractivity contribution < 1.29 is 14.3 Å². The second-order valence-corrected chi connectivity index (χ2v) is 8.68. The molecule has 1 aromatic heterocycles. The summed E-state index contributed by atoms with van der Waals surface area (Å²) in [6.07, 6.45) is 1.53. The highest BCUT2D eigenvalue weighted by molar-refractivity contribution is 5.77. The van der Waals surface area contributed by atoms with Crippen molar-refractivity contribution >= 4 is 16.9 Å². The fourth-order valence-electron chi connectivity index (χ4n) is 3.53. The molecule has 1 N–H and O–H groups in total. The van der Waals surface area contributed by atoms with E-state index >= 15 is 0 Å². The Bertz CT molecular complexity index is 987. The van der Waals surface area contributed by atoms with Gasteiger partial charge in [-0.1, -0.05) is 45.0 Å². The molecular formula is C25H33N3O3. The Balaban J connectivity index is 1.58. The molecule has 6 nitrogen and oxygen atoms in total. The van der Waals surface area contributed by atoms with Crippen LogP contribution in [0.3, 0.4) is 0 Å². The quantitative estimate of drug-likeness (QED) is 0.499. The third-order valence-electron chi connectivity index (χ3n) is 5.19. The maximum atomic E-state index is 11.6. The van der Waals surface area contributed by atoms with Crippen molar-refractivity contribution in [3.05, 3.63) is 59.9 Å². The monoisotopic (exact) mass is 423 g/mol. The third kappa shape index (κ3) is 6.31. The summed E-state index contributed by atoms with van der Waals surface area (Å²) in [5.41, 5.74) is 3.52. The number of ether oxygens (including phenoxy) is 2.